The van der Waals surface area contributed by atoms with Gasteiger partial charge in [-0.1, -0.05) is 0 Å². The highest BCUT2D eigenvalue weighted by Gasteiger charge is 2.63. The number of carbonyl (C=O) groups is 2. The molecule has 10 heteroatoms. The molecule has 3 aliphatic heterocycles. The third kappa shape index (κ3) is 2.08. The fourth-order valence-corrected chi connectivity index (χ4v) is 5.80. The summed E-state index contributed by atoms with van der Waals surface area (Å²) in [6, 6.07) is 6.43. The number of hydrogen-bond donors (Lipinski definition) is 0. The number of nitrogens with zero attached hydrogens (tertiary/aromatic N) is 5. The molecule has 0 spiro atoms. The van der Waals surface area contributed by atoms with E-state index in [1.807, 2.05) is 0 Å². The van der Waals surface area contributed by atoms with Crippen LogP contribution in [-0.2, 0) is 14.8 Å². The van der Waals surface area contributed by atoms with E-state index in [-0.39, 0.29) is 12.6 Å². The van der Waals surface area contributed by atoms with E-state index >= 15 is 0 Å². The second kappa shape index (κ2) is 5.50. The van der Waals surface area contributed by atoms with Gasteiger partial charge in [0, 0.05) is 24.2 Å². The van der Waals surface area contributed by atoms with Gasteiger partial charge >= 0.3 is 6.03 Å². The van der Waals surface area contributed by atoms with Gasteiger partial charge in [-0.2, -0.15) is 9.57 Å². The molecule has 4 heterocycles. The standard InChI is InChI=1S/C18H15N5O4S/c1-28(26,27)21-9-11-7-14(21)16-17(24)23(18(25)22(11)16)13-5-4-10(8-19)15-12(13)3-2-6-20-15/h2-6,11,14,16H,7,9H2,1H3/t11-,14-,16-/m0/s1. The Hall–Kier alpha value is -3.03. The molecular weight excluding hydrogens is 382 g/mol. The molecule has 0 unspecified atom stereocenters. The van der Waals surface area contributed by atoms with E-state index in [1.54, 1.807) is 24.4 Å². The fraction of sp³-hybridized carbons (Fsp3) is 0.333. The summed E-state index contributed by atoms with van der Waals surface area (Å²) >= 11 is 0. The smallest absolute Gasteiger partial charge is 0.306 e. The minimum Gasteiger partial charge on any atom is -0.306 e. The lowest BCUT2D eigenvalue weighted by molar-refractivity contribution is -0.120. The molecule has 5 rings (SSSR count). The number of anilines is 1. The van der Waals surface area contributed by atoms with Gasteiger partial charge in [0.2, 0.25) is 10.0 Å². The summed E-state index contributed by atoms with van der Waals surface area (Å²) in [5.41, 5.74) is 1.12. The molecule has 9 nitrogen and oxygen atoms in total. The average molecular weight is 397 g/mol. The first-order valence-electron chi connectivity index (χ1n) is 8.74. The average Bonchev–Trinajstić information content (AvgIpc) is 3.33. The molecule has 3 fully saturated rings. The molecule has 0 radical (unpaired) electrons. The molecule has 3 saturated heterocycles. The van der Waals surface area contributed by atoms with Gasteiger partial charge in [0.1, 0.15) is 12.1 Å². The second-order valence-electron chi connectivity index (χ2n) is 7.24. The van der Waals surface area contributed by atoms with Crippen LogP contribution < -0.4 is 4.90 Å². The van der Waals surface area contributed by atoms with Crippen LogP contribution in [0.1, 0.15) is 12.0 Å². The number of nitriles is 1. The van der Waals surface area contributed by atoms with Crippen molar-refractivity contribution in [3.8, 4) is 6.07 Å². The Morgan fingerprint density at radius 1 is 1.25 bits per heavy atom. The van der Waals surface area contributed by atoms with Crippen LogP contribution in [-0.4, -0.2) is 65.5 Å². The highest BCUT2D eigenvalue weighted by atomic mass is 32.2. The van der Waals surface area contributed by atoms with E-state index in [0.717, 1.165) is 11.2 Å². The molecular formula is C18H15N5O4S. The Morgan fingerprint density at radius 2 is 2.04 bits per heavy atom. The highest BCUT2D eigenvalue weighted by Crippen LogP contribution is 2.44. The van der Waals surface area contributed by atoms with Crippen molar-refractivity contribution in [3.63, 3.8) is 0 Å². The molecule has 2 bridgehead atoms. The monoisotopic (exact) mass is 397 g/mol. The van der Waals surface area contributed by atoms with Gasteiger partial charge in [-0.25, -0.2) is 18.1 Å². The summed E-state index contributed by atoms with van der Waals surface area (Å²) in [6.45, 7) is 0.211. The predicted octanol–water partition coefficient (Wildman–Crippen LogP) is 0.660. The quantitative estimate of drug-likeness (QED) is 0.688. The molecule has 3 amide bonds. The highest BCUT2D eigenvalue weighted by molar-refractivity contribution is 7.88. The van der Waals surface area contributed by atoms with Crippen LogP contribution in [0.2, 0.25) is 0 Å². The summed E-state index contributed by atoms with van der Waals surface area (Å²) in [7, 11) is -3.46. The van der Waals surface area contributed by atoms with E-state index in [2.05, 4.69) is 11.1 Å². The summed E-state index contributed by atoms with van der Waals surface area (Å²) in [6.07, 6.45) is 3.14. The van der Waals surface area contributed by atoms with E-state index in [0.29, 0.717) is 28.6 Å². The number of pyridine rings is 1. The van der Waals surface area contributed by atoms with Crippen LogP contribution >= 0.6 is 0 Å². The number of imide groups is 1. The number of sulfonamides is 1. The van der Waals surface area contributed by atoms with Crippen LogP contribution in [0.4, 0.5) is 10.5 Å². The van der Waals surface area contributed by atoms with Gasteiger partial charge in [-0.3, -0.25) is 9.78 Å². The maximum absolute atomic E-state index is 13.2. The SMILES string of the molecule is CS(=O)(=O)N1C[C@@H]2C[C@H]1[C@H]1C(=O)N(c3ccc(C#N)c4ncccc34)C(=O)N21. The first-order valence-corrected chi connectivity index (χ1v) is 10.6. The van der Waals surface area contributed by atoms with Gasteiger partial charge in [0.25, 0.3) is 5.91 Å². The fourth-order valence-electron chi connectivity index (χ4n) is 4.66. The lowest BCUT2D eigenvalue weighted by atomic mass is 10.1. The summed E-state index contributed by atoms with van der Waals surface area (Å²) in [4.78, 5) is 33.2. The Bertz CT molecular complexity index is 1200. The minimum absolute atomic E-state index is 0.211. The molecule has 0 aliphatic carbocycles. The number of piperazine rings is 1. The van der Waals surface area contributed by atoms with Crippen molar-refractivity contribution in [2.75, 3.05) is 17.7 Å². The lowest BCUT2D eigenvalue weighted by Gasteiger charge is -2.33. The third-order valence-electron chi connectivity index (χ3n) is 5.75. The molecule has 1 aromatic carbocycles. The van der Waals surface area contributed by atoms with Crippen LogP contribution in [0.5, 0.6) is 0 Å². The Labute approximate surface area is 160 Å². The summed E-state index contributed by atoms with van der Waals surface area (Å²) < 4.78 is 25.4. The Balaban J connectivity index is 1.62. The molecule has 1 aromatic heterocycles. The maximum Gasteiger partial charge on any atom is 0.332 e. The van der Waals surface area contributed by atoms with E-state index in [1.165, 1.54) is 15.3 Å². The second-order valence-corrected chi connectivity index (χ2v) is 9.18. The van der Waals surface area contributed by atoms with Crippen molar-refractivity contribution in [1.29, 1.82) is 5.26 Å². The summed E-state index contributed by atoms with van der Waals surface area (Å²) in [5, 5.41) is 9.83. The lowest BCUT2D eigenvalue weighted by Crippen LogP contribution is -2.54. The van der Waals surface area contributed by atoms with E-state index in [9.17, 15) is 23.3 Å². The molecule has 0 N–H and O–H groups in total. The number of aromatic nitrogens is 1. The van der Waals surface area contributed by atoms with Gasteiger partial charge < -0.3 is 4.90 Å². The van der Waals surface area contributed by atoms with Crippen molar-refractivity contribution in [2.24, 2.45) is 0 Å². The van der Waals surface area contributed by atoms with Crippen molar-refractivity contribution in [1.82, 2.24) is 14.2 Å². The largest absolute Gasteiger partial charge is 0.332 e. The number of benzene rings is 1. The minimum atomic E-state index is -3.46. The zero-order valence-corrected chi connectivity index (χ0v) is 15.6. The van der Waals surface area contributed by atoms with Crippen molar-refractivity contribution < 1.29 is 18.0 Å². The van der Waals surface area contributed by atoms with Crippen molar-refractivity contribution in [3.05, 3.63) is 36.0 Å². The van der Waals surface area contributed by atoms with Crippen molar-refractivity contribution in [2.45, 2.75) is 24.5 Å². The van der Waals surface area contributed by atoms with E-state index < -0.39 is 34.0 Å². The molecule has 28 heavy (non-hydrogen) atoms. The van der Waals surface area contributed by atoms with Crippen LogP contribution in [0.15, 0.2) is 30.5 Å². The molecule has 3 atom stereocenters. The Morgan fingerprint density at radius 3 is 2.75 bits per heavy atom. The molecule has 142 valence electrons. The Kier molecular flexibility index (Phi) is 3.36. The maximum atomic E-state index is 13.2. The van der Waals surface area contributed by atoms with Gasteiger partial charge in [-0.05, 0) is 30.7 Å². The zero-order chi connectivity index (χ0) is 19.8. The van der Waals surface area contributed by atoms with Gasteiger partial charge in [-0.15, -0.1) is 0 Å². The first kappa shape index (κ1) is 17.1. The normalized spacial score (nSPS) is 26.9. The predicted molar refractivity (Wildman–Crippen MR) is 98.7 cm³/mol. The third-order valence-corrected chi connectivity index (χ3v) is 7.02. The first-order chi connectivity index (χ1) is 13.3. The number of hydrogen-bond acceptors (Lipinski definition) is 6. The van der Waals surface area contributed by atoms with Gasteiger partial charge in [0.05, 0.1) is 29.1 Å². The van der Waals surface area contributed by atoms with E-state index in [4.69, 9.17) is 0 Å². The van der Waals surface area contributed by atoms with Gasteiger partial charge in [0.15, 0.2) is 0 Å². The molecule has 2 aromatic rings. The topological polar surface area (TPSA) is 115 Å². The summed E-state index contributed by atoms with van der Waals surface area (Å²) in [5.74, 6) is -0.444. The van der Waals surface area contributed by atoms with Crippen LogP contribution in [0.25, 0.3) is 10.9 Å². The zero-order valence-electron chi connectivity index (χ0n) is 14.8. The molecule has 0 saturated carbocycles. The number of amides is 3. The van der Waals surface area contributed by atoms with Crippen LogP contribution in [0.3, 0.4) is 0 Å². The van der Waals surface area contributed by atoms with Crippen LogP contribution in [0, 0.1) is 11.3 Å². The molecule has 3 aliphatic rings. The number of rotatable bonds is 2. The van der Waals surface area contributed by atoms with Crippen molar-refractivity contribution >= 4 is 38.6 Å². The number of fused-ring (bicyclic) bond motifs is 6. The number of carbonyl (C=O) groups excluding carboxylic acids is 2. The number of urea groups is 1.